The third kappa shape index (κ3) is 5.66. The number of carbonyl (C=O) groups is 2. The maximum absolute atomic E-state index is 12.7. The fraction of sp³-hybridized carbons (Fsp3) is 0.292. The van der Waals surface area contributed by atoms with Crippen LogP contribution in [-0.4, -0.2) is 52.8 Å². The number of carbonyl (C=O) groups excluding carboxylic acids is 2. The molecule has 4 rings (SSSR count). The van der Waals surface area contributed by atoms with Gasteiger partial charge in [0.2, 0.25) is 5.91 Å². The van der Waals surface area contributed by atoms with E-state index in [0.29, 0.717) is 43.4 Å². The van der Waals surface area contributed by atoms with Gasteiger partial charge in [0, 0.05) is 42.1 Å². The summed E-state index contributed by atoms with van der Waals surface area (Å²) in [7, 11) is 0. The lowest BCUT2D eigenvalue weighted by Gasteiger charge is -2.34. The second-order valence-corrected chi connectivity index (χ2v) is 9.07. The lowest BCUT2D eigenvalue weighted by molar-refractivity contribution is -0.132. The molecule has 1 aromatic heterocycles. The Morgan fingerprint density at radius 1 is 1.00 bits per heavy atom. The van der Waals surface area contributed by atoms with Gasteiger partial charge in [-0.3, -0.25) is 9.59 Å². The summed E-state index contributed by atoms with van der Waals surface area (Å²) in [6.07, 6.45) is 0.256. The maximum Gasteiger partial charge on any atom is 0.253 e. The van der Waals surface area contributed by atoms with Crippen LogP contribution in [0.3, 0.4) is 0 Å². The number of hydrogen-bond donors (Lipinski definition) is 0. The van der Waals surface area contributed by atoms with E-state index in [0.717, 1.165) is 16.5 Å². The Hall–Kier alpha value is -2.90. The highest BCUT2D eigenvalue weighted by atomic mass is 35.5. The van der Waals surface area contributed by atoms with Gasteiger partial charge in [0.05, 0.1) is 12.1 Å². The number of benzene rings is 2. The van der Waals surface area contributed by atoms with Crippen molar-refractivity contribution in [2.45, 2.75) is 20.0 Å². The van der Waals surface area contributed by atoms with E-state index in [-0.39, 0.29) is 18.2 Å². The Kier molecular flexibility index (Phi) is 7.07. The first-order valence-electron chi connectivity index (χ1n) is 10.4. The molecule has 2 heterocycles. The van der Waals surface area contributed by atoms with E-state index in [1.54, 1.807) is 34.1 Å². The third-order valence-corrected chi connectivity index (χ3v) is 6.45. The van der Waals surface area contributed by atoms with Crippen LogP contribution in [0, 0.1) is 6.92 Å². The molecule has 2 amide bonds. The second kappa shape index (κ2) is 10.1. The van der Waals surface area contributed by atoms with Crippen LogP contribution in [0.4, 0.5) is 0 Å². The van der Waals surface area contributed by atoms with E-state index in [2.05, 4.69) is 4.98 Å². The van der Waals surface area contributed by atoms with Gasteiger partial charge in [-0.15, -0.1) is 11.3 Å². The zero-order valence-electron chi connectivity index (χ0n) is 17.8. The van der Waals surface area contributed by atoms with Gasteiger partial charge in [-0.25, -0.2) is 4.98 Å². The first-order valence-corrected chi connectivity index (χ1v) is 11.7. The van der Waals surface area contributed by atoms with E-state index in [1.165, 1.54) is 16.9 Å². The lowest BCUT2D eigenvalue weighted by Crippen LogP contribution is -2.51. The van der Waals surface area contributed by atoms with Crippen LogP contribution in [-0.2, 0) is 17.8 Å². The van der Waals surface area contributed by atoms with Gasteiger partial charge < -0.3 is 14.5 Å². The van der Waals surface area contributed by atoms with E-state index in [4.69, 9.17) is 16.3 Å². The molecule has 1 aliphatic rings. The Balaban J connectivity index is 1.25. The second-order valence-electron chi connectivity index (χ2n) is 7.69. The standard InChI is InChI=1S/C24H24ClN3O3S/c1-17-2-8-21(9-3-17)31-15-22-26-20(16-32-22)14-23(29)27-10-12-28(13-11-27)24(30)18-4-6-19(25)7-5-18/h2-9,16H,10-15H2,1H3. The topological polar surface area (TPSA) is 62.7 Å². The molecule has 1 fully saturated rings. The molecule has 166 valence electrons. The minimum absolute atomic E-state index is 0.0277. The smallest absolute Gasteiger partial charge is 0.253 e. The van der Waals surface area contributed by atoms with Gasteiger partial charge in [-0.05, 0) is 43.3 Å². The summed E-state index contributed by atoms with van der Waals surface area (Å²) in [6.45, 7) is 4.48. The molecule has 0 radical (unpaired) electrons. The van der Waals surface area contributed by atoms with Crippen LogP contribution in [0.15, 0.2) is 53.9 Å². The summed E-state index contributed by atoms with van der Waals surface area (Å²) in [5, 5.41) is 3.35. The summed E-state index contributed by atoms with van der Waals surface area (Å²) in [4.78, 5) is 33.4. The Labute approximate surface area is 196 Å². The average molecular weight is 470 g/mol. The molecule has 0 aliphatic carbocycles. The minimum Gasteiger partial charge on any atom is -0.486 e. The maximum atomic E-state index is 12.7. The Morgan fingerprint density at radius 2 is 1.66 bits per heavy atom. The number of nitrogens with zero attached hydrogens (tertiary/aromatic N) is 3. The number of thiazole rings is 1. The van der Waals surface area contributed by atoms with Crippen molar-refractivity contribution < 1.29 is 14.3 Å². The van der Waals surface area contributed by atoms with Crippen molar-refractivity contribution >= 4 is 34.8 Å². The van der Waals surface area contributed by atoms with Crippen molar-refractivity contribution in [3.63, 3.8) is 0 Å². The molecule has 0 saturated carbocycles. The zero-order valence-corrected chi connectivity index (χ0v) is 19.4. The lowest BCUT2D eigenvalue weighted by atomic mass is 10.1. The summed E-state index contributed by atoms with van der Waals surface area (Å²) in [6, 6.07) is 14.8. The molecule has 0 atom stereocenters. The molecule has 2 aromatic carbocycles. The van der Waals surface area contributed by atoms with Crippen LogP contribution < -0.4 is 4.74 Å². The molecular weight excluding hydrogens is 446 g/mol. The zero-order chi connectivity index (χ0) is 22.5. The quantitative estimate of drug-likeness (QED) is 0.542. The number of hydrogen-bond acceptors (Lipinski definition) is 5. The number of piperazine rings is 1. The Bertz CT molecular complexity index is 1070. The first kappa shape index (κ1) is 22.3. The van der Waals surface area contributed by atoms with E-state index in [9.17, 15) is 9.59 Å². The minimum atomic E-state index is -0.0357. The summed E-state index contributed by atoms with van der Waals surface area (Å²) in [5.41, 5.74) is 2.54. The summed E-state index contributed by atoms with van der Waals surface area (Å²) in [5.74, 6) is 0.792. The highest BCUT2D eigenvalue weighted by Crippen LogP contribution is 2.18. The van der Waals surface area contributed by atoms with Crippen molar-refractivity contribution in [3.05, 3.63) is 80.8 Å². The fourth-order valence-corrected chi connectivity index (χ4v) is 4.31. The average Bonchev–Trinajstić information content (AvgIpc) is 3.26. The van der Waals surface area contributed by atoms with E-state index in [1.807, 2.05) is 36.6 Å². The van der Waals surface area contributed by atoms with Gasteiger partial charge in [0.1, 0.15) is 17.4 Å². The van der Waals surface area contributed by atoms with E-state index >= 15 is 0 Å². The van der Waals surface area contributed by atoms with Crippen molar-refractivity contribution in [2.24, 2.45) is 0 Å². The molecular formula is C24H24ClN3O3S. The number of amides is 2. The van der Waals surface area contributed by atoms with Crippen molar-refractivity contribution in [2.75, 3.05) is 26.2 Å². The van der Waals surface area contributed by atoms with Gasteiger partial charge in [0.15, 0.2) is 0 Å². The summed E-state index contributed by atoms with van der Waals surface area (Å²) >= 11 is 7.39. The number of ether oxygens (including phenoxy) is 1. The van der Waals surface area contributed by atoms with Gasteiger partial charge in [0.25, 0.3) is 5.91 Å². The molecule has 0 N–H and O–H groups in total. The van der Waals surface area contributed by atoms with E-state index < -0.39 is 0 Å². The first-order chi connectivity index (χ1) is 15.5. The number of rotatable bonds is 6. The molecule has 0 unspecified atom stereocenters. The number of aromatic nitrogens is 1. The van der Waals surface area contributed by atoms with Crippen LogP contribution in [0.1, 0.15) is 26.6 Å². The Morgan fingerprint density at radius 3 is 2.34 bits per heavy atom. The molecule has 3 aromatic rings. The number of halogens is 1. The van der Waals surface area contributed by atoms with Crippen LogP contribution in [0.2, 0.25) is 5.02 Å². The van der Waals surface area contributed by atoms with Crippen molar-refractivity contribution in [3.8, 4) is 5.75 Å². The molecule has 0 bridgehead atoms. The predicted octanol–water partition coefficient (Wildman–Crippen LogP) is 4.21. The molecule has 1 aliphatic heterocycles. The van der Waals surface area contributed by atoms with Crippen LogP contribution >= 0.6 is 22.9 Å². The highest BCUT2D eigenvalue weighted by molar-refractivity contribution is 7.09. The molecule has 1 saturated heterocycles. The molecule has 6 nitrogen and oxygen atoms in total. The fourth-order valence-electron chi connectivity index (χ4n) is 3.48. The molecule has 0 spiro atoms. The SMILES string of the molecule is Cc1ccc(OCc2nc(CC(=O)N3CCN(C(=O)c4ccc(Cl)cc4)CC3)cs2)cc1. The number of aryl methyl sites for hydroxylation is 1. The van der Waals surface area contributed by atoms with Crippen LogP contribution in [0.5, 0.6) is 5.75 Å². The van der Waals surface area contributed by atoms with Gasteiger partial charge in [-0.1, -0.05) is 29.3 Å². The third-order valence-electron chi connectivity index (χ3n) is 5.33. The van der Waals surface area contributed by atoms with Gasteiger partial charge >= 0.3 is 0 Å². The molecule has 32 heavy (non-hydrogen) atoms. The van der Waals surface area contributed by atoms with Gasteiger partial charge in [-0.2, -0.15) is 0 Å². The van der Waals surface area contributed by atoms with Crippen LogP contribution in [0.25, 0.3) is 0 Å². The summed E-state index contributed by atoms with van der Waals surface area (Å²) < 4.78 is 5.77. The largest absolute Gasteiger partial charge is 0.486 e. The normalized spacial score (nSPS) is 13.8. The molecule has 8 heteroatoms. The van der Waals surface area contributed by atoms with Crippen molar-refractivity contribution in [1.82, 2.24) is 14.8 Å². The monoisotopic (exact) mass is 469 g/mol. The van der Waals surface area contributed by atoms with Crippen molar-refractivity contribution in [1.29, 1.82) is 0 Å². The highest BCUT2D eigenvalue weighted by Gasteiger charge is 2.25. The predicted molar refractivity (Wildman–Crippen MR) is 125 cm³/mol.